The van der Waals surface area contributed by atoms with Gasteiger partial charge in [-0.05, 0) is 29.2 Å². The second-order valence-corrected chi connectivity index (χ2v) is 5.99. The molecule has 0 saturated heterocycles. The summed E-state index contributed by atoms with van der Waals surface area (Å²) in [6.07, 6.45) is -1.10. The van der Waals surface area contributed by atoms with E-state index in [4.69, 9.17) is 16.3 Å². The molecule has 2 aromatic rings. The van der Waals surface area contributed by atoms with Gasteiger partial charge in [0.25, 0.3) is 0 Å². The molecule has 2 unspecified atom stereocenters. The van der Waals surface area contributed by atoms with E-state index in [1.165, 1.54) is 0 Å². The van der Waals surface area contributed by atoms with Crippen LogP contribution in [-0.2, 0) is 4.74 Å². The van der Waals surface area contributed by atoms with Crippen molar-refractivity contribution in [2.24, 2.45) is 5.92 Å². The first kappa shape index (κ1) is 16.0. The summed E-state index contributed by atoms with van der Waals surface area (Å²) in [7, 11) is 0. The summed E-state index contributed by atoms with van der Waals surface area (Å²) in [6, 6.07) is 17.0. The van der Waals surface area contributed by atoms with E-state index in [0.717, 1.165) is 11.1 Å². The summed E-state index contributed by atoms with van der Waals surface area (Å²) < 4.78 is 5.95. The molecule has 2 atom stereocenters. The van der Waals surface area contributed by atoms with Gasteiger partial charge < -0.3 is 9.84 Å². The van der Waals surface area contributed by atoms with Gasteiger partial charge in [-0.15, -0.1) is 0 Å². The zero-order chi connectivity index (χ0) is 15.2. The summed E-state index contributed by atoms with van der Waals surface area (Å²) in [6.45, 7) is 4.78. The van der Waals surface area contributed by atoms with E-state index in [-0.39, 0.29) is 0 Å². The highest BCUT2D eigenvalue weighted by Crippen LogP contribution is 2.33. The second-order valence-electron chi connectivity index (χ2n) is 5.55. The molecule has 0 aliphatic carbocycles. The van der Waals surface area contributed by atoms with Crippen LogP contribution in [0.25, 0.3) is 0 Å². The SMILES string of the molecule is CC(C)COC(c1ccc(Cl)cc1)C(O)c1ccccc1. The normalized spacial score (nSPS) is 14.1. The number of rotatable bonds is 6. The summed E-state index contributed by atoms with van der Waals surface area (Å²) in [5, 5.41) is 11.3. The Morgan fingerprint density at radius 1 is 0.952 bits per heavy atom. The van der Waals surface area contributed by atoms with Crippen molar-refractivity contribution >= 4 is 11.6 Å². The monoisotopic (exact) mass is 304 g/mol. The van der Waals surface area contributed by atoms with Gasteiger partial charge in [-0.2, -0.15) is 0 Å². The second kappa shape index (κ2) is 7.60. The number of ether oxygens (including phenoxy) is 1. The molecule has 0 spiro atoms. The molecular formula is C18H21ClO2. The third-order valence-corrected chi connectivity index (χ3v) is 3.49. The van der Waals surface area contributed by atoms with Crippen LogP contribution < -0.4 is 0 Å². The predicted octanol–water partition coefficient (Wildman–Crippen LogP) is 4.79. The third-order valence-electron chi connectivity index (χ3n) is 3.24. The van der Waals surface area contributed by atoms with Gasteiger partial charge in [0.15, 0.2) is 0 Å². The summed E-state index contributed by atoms with van der Waals surface area (Å²) in [4.78, 5) is 0. The van der Waals surface area contributed by atoms with Crippen LogP contribution in [0.15, 0.2) is 54.6 Å². The van der Waals surface area contributed by atoms with Gasteiger partial charge in [0.05, 0.1) is 0 Å². The van der Waals surface area contributed by atoms with Crippen molar-refractivity contribution < 1.29 is 9.84 Å². The Balaban J connectivity index is 2.25. The first-order valence-corrected chi connectivity index (χ1v) is 7.56. The van der Waals surface area contributed by atoms with E-state index in [9.17, 15) is 5.11 Å². The maximum Gasteiger partial charge on any atom is 0.113 e. The number of hydrogen-bond acceptors (Lipinski definition) is 2. The average molecular weight is 305 g/mol. The molecule has 0 heterocycles. The lowest BCUT2D eigenvalue weighted by molar-refractivity contribution is -0.0501. The standard InChI is InChI=1S/C18H21ClO2/c1-13(2)12-21-18(15-8-10-16(19)11-9-15)17(20)14-6-4-3-5-7-14/h3-11,13,17-18,20H,12H2,1-2H3. The molecule has 0 aromatic heterocycles. The van der Waals surface area contributed by atoms with Crippen LogP contribution in [-0.4, -0.2) is 11.7 Å². The fraction of sp³-hybridized carbons (Fsp3) is 0.333. The third kappa shape index (κ3) is 4.57. The van der Waals surface area contributed by atoms with Crippen molar-refractivity contribution in [1.82, 2.24) is 0 Å². The van der Waals surface area contributed by atoms with Gasteiger partial charge in [-0.25, -0.2) is 0 Å². The van der Waals surface area contributed by atoms with Crippen LogP contribution in [0, 0.1) is 5.92 Å². The number of aliphatic hydroxyl groups excluding tert-OH is 1. The maximum absolute atomic E-state index is 10.7. The van der Waals surface area contributed by atoms with Gasteiger partial charge in [-0.3, -0.25) is 0 Å². The molecule has 1 N–H and O–H groups in total. The lowest BCUT2D eigenvalue weighted by Crippen LogP contribution is -2.17. The van der Waals surface area contributed by atoms with Crippen LogP contribution in [0.3, 0.4) is 0 Å². The maximum atomic E-state index is 10.7. The van der Waals surface area contributed by atoms with Crippen LogP contribution in [0.1, 0.15) is 37.2 Å². The van der Waals surface area contributed by atoms with Crippen LogP contribution in [0.5, 0.6) is 0 Å². The van der Waals surface area contributed by atoms with E-state index < -0.39 is 12.2 Å². The Bertz CT molecular complexity index is 537. The van der Waals surface area contributed by atoms with Crippen molar-refractivity contribution in [3.8, 4) is 0 Å². The van der Waals surface area contributed by atoms with Crippen molar-refractivity contribution in [3.05, 3.63) is 70.7 Å². The Morgan fingerprint density at radius 3 is 2.14 bits per heavy atom. The Morgan fingerprint density at radius 2 is 1.57 bits per heavy atom. The highest BCUT2D eigenvalue weighted by atomic mass is 35.5. The van der Waals surface area contributed by atoms with Crippen molar-refractivity contribution in [2.45, 2.75) is 26.1 Å². The Kier molecular flexibility index (Phi) is 5.80. The molecule has 21 heavy (non-hydrogen) atoms. The number of hydrogen-bond donors (Lipinski definition) is 1. The molecule has 0 saturated carbocycles. The van der Waals surface area contributed by atoms with Gasteiger partial charge in [0.2, 0.25) is 0 Å². The predicted molar refractivity (Wildman–Crippen MR) is 86.4 cm³/mol. The van der Waals surface area contributed by atoms with Crippen molar-refractivity contribution in [1.29, 1.82) is 0 Å². The fourth-order valence-corrected chi connectivity index (χ4v) is 2.27. The lowest BCUT2D eigenvalue weighted by Gasteiger charge is -2.25. The highest BCUT2D eigenvalue weighted by molar-refractivity contribution is 6.30. The molecule has 0 bridgehead atoms. The molecule has 0 amide bonds. The van der Waals surface area contributed by atoms with E-state index in [2.05, 4.69) is 13.8 Å². The first-order valence-electron chi connectivity index (χ1n) is 7.18. The van der Waals surface area contributed by atoms with Crippen LogP contribution in [0.2, 0.25) is 5.02 Å². The molecule has 3 heteroatoms. The van der Waals surface area contributed by atoms with Crippen LogP contribution in [0.4, 0.5) is 0 Å². The molecule has 2 aromatic carbocycles. The quantitative estimate of drug-likeness (QED) is 0.831. The Hall–Kier alpha value is -1.35. The minimum Gasteiger partial charge on any atom is -0.385 e. The minimum absolute atomic E-state index is 0.396. The zero-order valence-corrected chi connectivity index (χ0v) is 13.1. The summed E-state index contributed by atoms with van der Waals surface area (Å²) >= 11 is 5.94. The first-order chi connectivity index (χ1) is 10.1. The topological polar surface area (TPSA) is 29.5 Å². The largest absolute Gasteiger partial charge is 0.385 e. The summed E-state index contributed by atoms with van der Waals surface area (Å²) in [5.41, 5.74) is 1.78. The van der Waals surface area contributed by atoms with E-state index >= 15 is 0 Å². The van der Waals surface area contributed by atoms with Crippen molar-refractivity contribution in [2.75, 3.05) is 6.61 Å². The van der Waals surface area contributed by atoms with Crippen molar-refractivity contribution in [3.63, 3.8) is 0 Å². The fourth-order valence-electron chi connectivity index (χ4n) is 2.14. The zero-order valence-electron chi connectivity index (χ0n) is 12.4. The molecule has 0 fully saturated rings. The van der Waals surface area contributed by atoms with E-state index in [0.29, 0.717) is 17.5 Å². The van der Waals surface area contributed by atoms with Crippen LogP contribution >= 0.6 is 11.6 Å². The average Bonchev–Trinajstić information content (AvgIpc) is 2.49. The molecule has 0 radical (unpaired) electrons. The molecule has 0 aliphatic heterocycles. The summed E-state index contributed by atoms with van der Waals surface area (Å²) in [5.74, 6) is 0.405. The van der Waals surface area contributed by atoms with Gasteiger partial charge in [0.1, 0.15) is 12.2 Å². The minimum atomic E-state index is -0.703. The smallest absolute Gasteiger partial charge is 0.113 e. The lowest BCUT2D eigenvalue weighted by atomic mass is 9.98. The number of aliphatic hydroxyl groups is 1. The van der Waals surface area contributed by atoms with E-state index in [1.807, 2.05) is 54.6 Å². The van der Waals surface area contributed by atoms with E-state index in [1.54, 1.807) is 0 Å². The molecule has 2 rings (SSSR count). The van der Waals surface area contributed by atoms with Gasteiger partial charge >= 0.3 is 0 Å². The molecular weight excluding hydrogens is 284 g/mol. The molecule has 0 aliphatic rings. The molecule has 112 valence electrons. The van der Waals surface area contributed by atoms with Gasteiger partial charge in [0, 0.05) is 11.6 Å². The number of benzene rings is 2. The number of halogens is 1. The Labute approximate surface area is 131 Å². The highest BCUT2D eigenvalue weighted by Gasteiger charge is 2.23. The molecule has 2 nitrogen and oxygen atoms in total. The van der Waals surface area contributed by atoms with Gasteiger partial charge in [-0.1, -0.05) is 67.9 Å².